The highest BCUT2D eigenvalue weighted by Gasteiger charge is 2.05. The van der Waals surface area contributed by atoms with E-state index in [2.05, 4.69) is 15.0 Å². The Morgan fingerprint density at radius 1 is 1.06 bits per heavy atom. The van der Waals surface area contributed by atoms with Crippen molar-refractivity contribution in [2.75, 3.05) is 0 Å². The third kappa shape index (κ3) is 3.04. The molecule has 1 heterocycles. The van der Waals surface area contributed by atoms with Crippen LogP contribution in [0.5, 0.6) is 0 Å². The van der Waals surface area contributed by atoms with Gasteiger partial charge in [0.15, 0.2) is 5.16 Å². The minimum Gasteiger partial charge on any atom is -0.207 e. The van der Waals surface area contributed by atoms with Gasteiger partial charge in [-0.3, -0.25) is 0 Å². The zero-order valence-electron chi connectivity index (χ0n) is 7.69. The number of halogens is 3. The fourth-order valence-electron chi connectivity index (χ4n) is 0.991. The summed E-state index contributed by atoms with van der Waals surface area (Å²) in [7, 11) is 0. The Kier molecular flexibility index (Phi) is 3.58. The third-order valence-electron chi connectivity index (χ3n) is 1.57. The molecule has 0 saturated heterocycles. The molecule has 2 aromatic rings. The molecular formula is C9H4Cl2FN3S. The molecule has 0 amide bonds. The lowest BCUT2D eigenvalue weighted by Crippen LogP contribution is -1.91. The topological polar surface area (TPSA) is 38.7 Å². The van der Waals surface area contributed by atoms with Crippen LogP contribution in [0, 0.1) is 5.82 Å². The summed E-state index contributed by atoms with van der Waals surface area (Å²) in [6.45, 7) is 0. The summed E-state index contributed by atoms with van der Waals surface area (Å²) in [5, 5.41) is 0.355. The maximum Gasteiger partial charge on any atom is 0.227 e. The highest BCUT2D eigenvalue weighted by molar-refractivity contribution is 7.99. The van der Waals surface area contributed by atoms with Crippen LogP contribution in [0.4, 0.5) is 4.39 Å². The predicted molar refractivity (Wildman–Crippen MR) is 60.4 cm³/mol. The minimum atomic E-state index is -0.323. The zero-order valence-corrected chi connectivity index (χ0v) is 10.0. The summed E-state index contributed by atoms with van der Waals surface area (Å²) in [5.41, 5.74) is 0. The Hall–Kier alpha value is -0.910. The number of benzene rings is 1. The molecule has 0 fully saturated rings. The Labute approximate surface area is 105 Å². The van der Waals surface area contributed by atoms with Crippen LogP contribution >= 0.6 is 35.0 Å². The van der Waals surface area contributed by atoms with Crippen LogP contribution < -0.4 is 0 Å². The first-order chi connectivity index (χ1) is 7.63. The van der Waals surface area contributed by atoms with Gasteiger partial charge in [0.2, 0.25) is 10.6 Å². The van der Waals surface area contributed by atoms with Crippen molar-refractivity contribution in [2.24, 2.45) is 0 Å². The molecule has 0 spiro atoms. The average Bonchev–Trinajstić information content (AvgIpc) is 2.15. The van der Waals surface area contributed by atoms with Gasteiger partial charge in [-0.25, -0.2) is 4.39 Å². The number of rotatable bonds is 2. The van der Waals surface area contributed by atoms with Crippen molar-refractivity contribution >= 4 is 35.0 Å². The molecule has 0 bridgehead atoms. The second-order valence-electron chi connectivity index (χ2n) is 2.72. The second kappa shape index (κ2) is 4.95. The molecule has 16 heavy (non-hydrogen) atoms. The smallest absolute Gasteiger partial charge is 0.207 e. The number of hydrogen-bond donors (Lipinski definition) is 0. The normalized spacial score (nSPS) is 10.4. The van der Waals surface area contributed by atoms with Crippen LogP contribution in [0.25, 0.3) is 0 Å². The Morgan fingerprint density at radius 2 is 1.75 bits per heavy atom. The fraction of sp³-hybridized carbons (Fsp3) is 0. The Morgan fingerprint density at radius 3 is 2.38 bits per heavy atom. The number of nitrogens with zero attached hydrogens (tertiary/aromatic N) is 3. The zero-order chi connectivity index (χ0) is 11.5. The first-order valence-electron chi connectivity index (χ1n) is 4.14. The van der Waals surface area contributed by atoms with E-state index in [0.29, 0.717) is 10.1 Å². The summed E-state index contributed by atoms with van der Waals surface area (Å²) in [6.07, 6.45) is 0. The highest BCUT2D eigenvalue weighted by Crippen LogP contribution is 2.26. The second-order valence-corrected chi connectivity index (χ2v) is 4.43. The largest absolute Gasteiger partial charge is 0.227 e. The van der Waals surface area contributed by atoms with Gasteiger partial charge >= 0.3 is 0 Å². The van der Waals surface area contributed by atoms with Crippen molar-refractivity contribution in [3.63, 3.8) is 0 Å². The Balaban J connectivity index is 2.27. The molecule has 0 aliphatic carbocycles. The van der Waals surface area contributed by atoms with E-state index in [1.54, 1.807) is 12.1 Å². The number of hydrogen-bond acceptors (Lipinski definition) is 4. The van der Waals surface area contributed by atoms with E-state index in [1.165, 1.54) is 12.1 Å². The lowest BCUT2D eigenvalue weighted by Gasteiger charge is -2.00. The predicted octanol–water partition coefficient (Wildman–Crippen LogP) is 3.47. The first-order valence-corrected chi connectivity index (χ1v) is 5.71. The van der Waals surface area contributed by atoms with Crippen LogP contribution in [0.15, 0.2) is 34.3 Å². The SMILES string of the molecule is Fc1cccc(Sc2nc(Cl)nc(Cl)n2)c1. The highest BCUT2D eigenvalue weighted by atomic mass is 35.5. The van der Waals surface area contributed by atoms with E-state index >= 15 is 0 Å². The van der Waals surface area contributed by atoms with Gasteiger partial charge < -0.3 is 0 Å². The van der Waals surface area contributed by atoms with Crippen molar-refractivity contribution in [3.05, 3.63) is 40.6 Å². The lowest BCUT2D eigenvalue weighted by molar-refractivity contribution is 0.624. The standard InChI is InChI=1S/C9H4Cl2FN3S/c10-7-13-8(11)15-9(14-7)16-6-3-1-2-5(12)4-6/h1-4H. The monoisotopic (exact) mass is 275 g/mol. The average molecular weight is 276 g/mol. The van der Waals surface area contributed by atoms with E-state index in [0.717, 1.165) is 11.8 Å². The third-order valence-corrected chi connectivity index (χ3v) is 2.76. The summed E-state index contributed by atoms with van der Waals surface area (Å²) in [6, 6.07) is 6.06. The van der Waals surface area contributed by atoms with E-state index in [-0.39, 0.29) is 16.4 Å². The molecule has 0 saturated carbocycles. The lowest BCUT2D eigenvalue weighted by atomic mass is 10.4. The molecular weight excluding hydrogens is 272 g/mol. The van der Waals surface area contributed by atoms with Gasteiger partial charge in [0.05, 0.1) is 0 Å². The van der Waals surface area contributed by atoms with E-state index in [4.69, 9.17) is 23.2 Å². The van der Waals surface area contributed by atoms with Crippen LogP contribution in [0.1, 0.15) is 0 Å². The minimum absolute atomic E-state index is 0.0129. The van der Waals surface area contributed by atoms with Gasteiger partial charge in [0, 0.05) is 4.90 Å². The summed E-state index contributed by atoms with van der Waals surface area (Å²) in [4.78, 5) is 12.0. The van der Waals surface area contributed by atoms with Gasteiger partial charge in [-0.2, -0.15) is 15.0 Å². The molecule has 1 aromatic carbocycles. The van der Waals surface area contributed by atoms with Gasteiger partial charge in [-0.15, -0.1) is 0 Å². The molecule has 1 aromatic heterocycles. The molecule has 0 N–H and O–H groups in total. The first kappa shape index (κ1) is 11.6. The summed E-state index contributed by atoms with van der Waals surface area (Å²) >= 11 is 12.4. The van der Waals surface area contributed by atoms with Crippen molar-refractivity contribution in [3.8, 4) is 0 Å². The maximum atomic E-state index is 12.9. The summed E-state index contributed by atoms with van der Waals surface area (Å²) < 4.78 is 12.9. The van der Waals surface area contributed by atoms with Crippen molar-refractivity contribution in [1.82, 2.24) is 15.0 Å². The number of aromatic nitrogens is 3. The van der Waals surface area contributed by atoms with Crippen molar-refractivity contribution in [1.29, 1.82) is 0 Å². The molecule has 0 aliphatic rings. The van der Waals surface area contributed by atoms with E-state index in [1.807, 2.05) is 0 Å². The maximum absolute atomic E-state index is 12.9. The molecule has 0 unspecified atom stereocenters. The van der Waals surface area contributed by atoms with Gasteiger partial charge in [-0.1, -0.05) is 6.07 Å². The van der Waals surface area contributed by atoms with Crippen LogP contribution in [-0.4, -0.2) is 15.0 Å². The quantitative estimate of drug-likeness (QED) is 0.841. The van der Waals surface area contributed by atoms with Crippen LogP contribution in [0.2, 0.25) is 10.6 Å². The van der Waals surface area contributed by atoms with Gasteiger partial charge in [0.25, 0.3) is 0 Å². The fourth-order valence-corrected chi connectivity index (χ4v) is 2.25. The van der Waals surface area contributed by atoms with E-state index in [9.17, 15) is 4.39 Å². The molecule has 0 aliphatic heterocycles. The van der Waals surface area contributed by atoms with Crippen molar-refractivity contribution < 1.29 is 4.39 Å². The van der Waals surface area contributed by atoms with Gasteiger partial charge in [0.1, 0.15) is 5.82 Å². The molecule has 82 valence electrons. The molecule has 3 nitrogen and oxygen atoms in total. The van der Waals surface area contributed by atoms with Crippen molar-refractivity contribution in [2.45, 2.75) is 10.1 Å². The van der Waals surface area contributed by atoms with E-state index < -0.39 is 0 Å². The molecule has 0 atom stereocenters. The molecule has 2 rings (SSSR count). The van der Waals surface area contributed by atoms with Crippen LogP contribution in [0.3, 0.4) is 0 Å². The van der Waals surface area contributed by atoms with Crippen LogP contribution in [-0.2, 0) is 0 Å². The molecule has 7 heteroatoms. The van der Waals surface area contributed by atoms with Gasteiger partial charge in [-0.05, 0) is 53.2 Å². The molecule has 0 radical (unpaired) electrons. The Bertz CT molecular complexity index is 504. The summed E-state index contributed by atoms with van der Waals surface area (Å²) in [5.74, 6) is -0.323.